The standard InChI is InChI=1S/C19H15ClN4O3/c20-14-3-4-15(21-10-14)12-8-13-11-24(6-7-27-18(13)17(25)9-12)19(26)16-2-1-5-22-23-16/h1-5,8-10,25H,6-7,11H2. The molecule has 0 saturated carbocycles. The number of nitrogens with zero attached hydrogens (tertiary/aromatic N) is 4. The molecule has 0 unspecified atom stereocenters. The molecule has 0 fully saturated rings. The molecule has 2 aromatic heterocycles. The van der Waals surface area contributed by atoms with Crippen molar-refractivity contribution in [2.75, 3.05) is 13.2 Å². The van der Waals surface area contributed by atoms with E-state index < -0.39 is 0 Å². The first-order valence-corrected chi connectivity index (χ1v) is 8.67. The van der Waals surface area contributed by atoms with Crippen molar-refractivity contribution in [1.29, 1.82) is 0 Å². The fourth-order valence-corrected chi connectivity index (χ4v) is 3.06. The highest BCUT2D eigenvalue weighted by Gasteiger charge is 2.24. The summed E-state index contributed by atoms with van der Waals surface area (Å²) in [6, 6.07) is 10.2. The number of hydrogen-bond acceptors (Lipinski definition) is 6. The molecule has 0 atom stereocenters. The molecule has 0 saturated heterocycles. The van der Waals surface area contributed by atoms with Crippen LogP contribution in [0.5, 0.6) is 11.5 Å². The lowest BCUT2D eigenvalue weighted by atomic mass is 10.0. The highest BCUT2D eigenvalue weighted by atomic mass is 35.5. The summed E-state index contributed by atoms with van der Waals surface area (Å²) in [5, 5.41) is 18.6. The molecule has 1 N–H and O–H groups in total. The average Bonchev–Trinajstić information content (AvgIpc) is 2.91. The number of carbonyl (C=O) groups is 1. The van der Waals surface area contributed by atoms with E-state index in [0.29, 0.717) is 34.1 Å². The van der Waals surface area contributed by atoms with Crippen molar-refractivity contribution >= 4 is 17.5 Å². The van der Waals surface area contributed by atoms with Gasteiger partial charge in [-0.1, -0.05) is 11.6 Å². The van der Waals surface area contributed by atoms with E-state index in [2.05, 4.69) is 15.2 Å². The number of benzene rings is 1. The minimum atomic E-state index is -0.242. The van der Waals surface area contributed by atoms with Gasteiger partial charge < -0.3 is 14.7 Å². The molecule has 3 heterocycles. The first-order valence-electron chi connectivity index (χ1n) is 8.29. The molecule has 27 heavy (non-hydrogen) atoms. The molecule has 7 nitrogen and oxygen atoms in total. The van der Waals surface area contributed by atoms with E-state index in [1.54, 1.807) is 41.4 Å². The number of phenols is 1. The number of rotatable bonds is 2. The Morgan fingerprint density at radius 2 is 2.15 bits per heavy atom. The molecule has 8 heteroatoms. The van der Waals surface area contributed by atoms with Gasteiger partial charge in [0.1, 0.15) is 6.61 Å². The third kappa shape index (κ3) is 3.54. The lowest BCUT2D eigenvalue weighted by Crippen LogP contribution is -2.33. The van der Waals surface area contributed by atoms with Gasteiger partial charge in [-0.15, -0.1) is 5.10 Å². The fraction of sp³-hybridized carbons (Fsp3) is 0.158. The molecule has 0 aliphatic carbocycles. The van der Waals surface area contributed by atoms with Crippen molar-refractivity contribution in [2.45, 2.75) is 6.54 Å². The number of amides is 1. The van der Waals surface area contributed by atoms with Crippen LogP contribution in [-0.4, -0.2) is 44.2 Å². The van der Waals surface area contributed by atoms with Gasteiger partial charge in [0.2, 0.25) is 0 Å². The zero-order valence-corrected chi connectivity index (χ0v) is 14.9. The number of aromatic hydroxyl groups is 1. The summed E-state index contributed by atoms with van der Waals surface area (Å²) in [6.07, 6.45) is 3.06. The quantitative estimate of drug-likeness (QED) is 0.733. The normalized spacial score (nSPS) is 13.4. The third-order valence-corrected chi connectivity index (χ3v) is 4.44. The van der Waals surface area contributed by atoms with Crippen LogP contribution in [0.15, 0.2) is 48.8 Å². The third-order valence-electron chi connectivity index (χ3n) is 4.22. The average molecular weight is 383 g/mol. The lowest BCUT2D eigenvalue weighted by Gasteiger charge is -2.19. The lowest BCUT2D eigenvalue weighted by molar-refractivity contribution is 0.0726. The zero-order chi connectivity index (χ0) is 18.8. The molecule has 4 rings (SSSR count). The van der Waals surface area contributed by atoms with Crippen LogP contribution in [0.1, 0.15) is 16.1 Å². The van der Waals surface area contributed by atoms with Gasteiger partial charge in [-0.25, -0.2) is 0 Å². The van der Waals surface area contributed by atoms with Gasteiger partial charge in [-0.3, -0.25) is 9.78 Å². The Morgan fingerprint density at radius 1 is 1.26 bits per heavy atom. The van der Waals surface area contributed by atoms with Gasteiger partial charge in [0, 0.05) is 30.1 Å². The number of phenolic OH excluding ortho intramolecular Hbond substituents is 1. The highest BCUT2D eigenvalue weighted by Crippen LogP contribution is 2.37. The molecule has 136 valence electrons. The second-order valence-electron chi connectivity index (χ2n) is 6.03. The minimum Gasteiger partial charge on any atom is -0.504 e. The predicted molar refractivity (Wildman–Crippen MR) is 98.6 cm³/mol. The number of pyridine rings is 1. The minimum absolute atomic E-state index is 0.00746. The van der Waals surface area contributed by atoms with Crippen molar-refractivity contribution in [1.82, 2.24) is 20.1 Å². The number of fused-ring (bicyclic) bond motifs is 1. The van der Waals surface area contributed by atoms with E-state index in [4.69, 9.17) is 16.3 Å². The first kappa shape index (κ1) is 17.2. The number of ether oxygens (including phenoxy) is 1. The van der Waals surface area contributed by atoms with Crippen LogP contribution in [0, 0.1) is 0 Å². The van der Waals surface area contributed by atoms with E-state index >= 15 is 0 Å². The largest absolute Gasteiger partial charge is 0.504 e. The second kappa shape index (κ2) is 7.20. The van der Waals surface area contributed by atoms with Gasteiger partial charge in [0.15, 0.2) is 17.2 Å². The summed E-state index contributed by atoms with van der Waals surface area (Å²) in [6.45, 7) is 0.920. The monoisotopic (exact) mass is 382 g/mol. The highest BCUT2D eigenvalue weighted by molar-refractivity contribution is 6.30. The second-order valence-corrected chi connectivity index (χ2v) is 6.47. The molecular formula is C19H15ClN4O3. The Balaban J connectivity index is 1.69. The molecule has 1 aromatic carbocycles. The van der Waals surface area contributed by atoms with Crippen molar-refractivity contribution in [3.05, 3.63) is 65.1 Å². The van der Waals surface area contributed by atoms with Gasteiger partial charge in [0.05, 0.1) is 17.3 Å². The molecular weight excluding hydrogens is 368 g/mol. The van der Waals surface area contributed by atoms with E-state index in [0.717, 1.165) is 0 Å². The summed E-state index contributed by atoms with van der Waals surface area (Å²) in [5.41, 5.74) is 2.33. The predicted octanol–water partition coefficient (Wildman–Crippen LogP) is 2.93. The molecule has 0 spiro atoms. The number of halogens is 1. The van der Waals surface area contributed by atoms with E-state index in [9.17, 15) is 9.90 Å². The summed E-state index contributed by atoms with van der Waals surface area (Å²) < 4.78 is 5.68. The smallest absolute Gasteiger partial charge is 0.274 e. The van der Waals surface area contributed by atoms with Crippen molar-refractivity contribution < 1.29 is 14.6 Å². The number of hydrogen-bond donors (Lipinski definition) is 1. The van der Waals surface area contributed by atoms with Gasteiger partial charge in [0.25, 0.3) is 5.91 Å². The Morgan fingerprint density at radius 3 is 2.89 bits per heavy atom. The van der Waals surface area contributed by atoms with Crippen LogP contribution < -0.4 is 4.74 Å². The van der Waals surface area contributed by atoms with Gasteiger partial charge in [-0.2, -0.15) is 5.10 Å². The molecule has 0 radical (unpaired) electrons. The van der Waals surface area contributed by atoms with Crippen LogP contribution in [0.4, 0.5) is 0 Å². The molecule has 1 aliphatic heterocycles. The van der Waals surface area contributed by atoms with Crippen molar-refractivity contribution in [3.63, 3.8) is 0 Å². The van der Waals surface area contributed by atoms with E-state index in [-0.39, 0.29) is 30.5 Å². The fourth-order valence-electron chi connectivity index (χ4n) is 2.94. The van der Waals surface area contributed by atoms with Crippen LogP contribution in [0.25, 0.3) is 11.3 Å². The van der Waals surface area contributed by atoms with Crippen LogP contribution in [-0.2, 0) is 6.54 Å². The zero-order valence-electron chi connectivity index (χ0n) is 14.2. The topological polar surface area (TPSA) is 88.4 Å². The summed E-state index contributed by atoms with van der Waals surface area (Å²) in [7, 11) is 0. The Bertz CT molecular complexity index is 980. The Hall–Kier alpha value is -3.19. The van der Waals surface area contributed by atoms with Crippen LogP contribution in [0.2, 0.25) is 5.02 Å². The molecule has 0 bridgehead atoms. The molecule has 1 amide bonds. The molecule has 3 aromatic rings. The van der Waals surface area contributed by atoms with Crippen LogP contribution in [0.3, 0.4) is 0 Å². The van der Waals surface area contributed by atoms with E-state index in [1.165, 1.54) is 6.20 Å². The van der Waals surface area contributed by atoms with Gasteiger partial charge in [-0.05, 0) is 36.4 Å². The maximum Gasteiger partial charge on any atom is 0.274 e. The first-order chi connectivity index (χ1) is 13.1. The van der Waals surface area contributed by atoms with Crippen molar-refractivity contribution in [2.24, 2.45) is 0 Å². The number of aromatic nitrogens is 3. The SMILES string of the molecule is O=C(c1cccnn1)N1CCOc2c(O)cc(-c3ccc(Cl)cn3)cc2C1. The summed E-state index contributed by atoms with van der Waals surface area (Å²) in [5.74, 6) is 0.143. The summed E-state index contributed by atoms with van der Waals surface area (Å²) >= 11 is 5.89. The maximum atomic E-state index is 12.7. The van der Waals surface area contributed by atoms with Gasteiger partial charge >= 0.3 is 0 Å². The van der Waals surface area contributed by atoms with Crippen molar-refractivity contribution in [3.8, 4) is 22.8 Å². The summed E-state index contributed by atoms with van der Waals surface area (Å²) in [4.78, 5) is 18.6. The van der Waals surface area contributed by atoms with Crippen LogP contribution >= 0.6 is 11.6 Å². The maximum absolute atomic E-state index is 12.7. The molecule has 1 aliphatic rings. The Kier molecular flexibility index (Phi) is 4.60. The Labute approximate surface area is 160 Å². The van der Waals surface area contributed by atoms with E-state index in [1.807, 2.05) is 6.07 Å². The number of carbonyl (C=O) groups excluding carboxylic acids is 1.